The van der Waals surface area contributed by atoms with E-state index in [-0.39, 0.29) is 17.5 Å². The zero-order valence-corrected chi connectivity index (χ0v) is 13.6. The normalized spacial score (nSPS) is 32.9. The van der Waals surface area contributed by atoms with E-state index in [9.17, 15) is 14.7 Å². The summed E-state index contributed by atoms with van der Waals surface area (Å²) in [6.45, 7) is 9.41. The Labute approximate surface area is 127 Å². The average Bonchev–Trinajstić information content (AvgIpc) is 2.38. The minimum atomic E-state index is -0.884. The molecule has 5 nitrogen and oxygen atoms in total. The molecule has 2 aliphatic rings. The molecule has 2 fully saturated rings. The number of carboxylic acids is 1. The minimum Gasteiger partial charge on any atom is -0.480 e. The van der Waals surface area contributed by atoms with Gasteiger partial charge in [-0.25, -0.2) is 9.59 Å². The van der Waals surface area contributed by atoms with Crippen molar-refractivity contribution in [3.8, 4) is 0 Å². The smallest absolute Gasteiger partial charge is 0.327 e. The summed E-state index contributed by atoms with van der Waals surface area (Å²) in [4.78, 5) is 28.1. The predicted octanol–water partition coefficient (Wildman–Crippen LogP) is 2.80. The number of hydrogen-bond acceptors (Lipinski definition) is 2. The van der Waals surface area contributed by atoms with Gasteiger partial charge < -0.3 is 14.9 Å². The van der Waals surface area contributed by atoms with Crippen molar-refractivity contribution in [2.45, 2.75) is 65.5 Å². The highest BCUT2D eigenvalue weighted by Crippen LogP contribution is 2.36. The molecule has 2 aliphatic heterocycles. The predicted molar refractivity (Wildman–Crippen MR) is 81.1 cm³/mol. The lowest BCUT2D eigenvalue weighted by Crippen LogP contribution is -2.61. The van der Waals surface area contributed by atoms with Crippen molar-refractivity contribution >= 4 is 12.0 Å². The van der Waals surface area contributed by atoms with E-state index in [2.05, 4.69) is 13.8 Å². The maximum Gasteiger partial charge on any atom is 0.327 e. The molecule has 3 unspecified atom stereocenters. The Kier molecular flexibility index (Phi) is 4.49. The number of carboxylic acid groups (broad SMARTS) is 1. The summed E-state index contributed by atoms with van der Waals surface area (Å²) in [7, 11) is 0. The number of carbonyl (C=O) groups is 2. The second-order valence-corrected chi connectivity index (χ2v) is 7.49. The van der Waals surface area contributed by atoms with Crippen molar-refractivity contribution < 1.29 is 14.7 Å². The molecule has 3 atom stereocenters. The number of urea groups is 1. The second-order valence-electron chi connectivity index (χ2n) is 7.49. The Bertz CT molecular complexity index is 422. The van der Waals surface area contributed by atoms with Gasteiger partial charge in [-0.05, 0) is 43.9 Å². The van der Waals surface area contributed by atoms with Crippen molar-refractivity contribution in [3.63, 3.8) is 0 Å². The molecule has 0 radical (unpaired) electrons. The maximum absolute atomic E-state index is 12.9. The monoisotopic (exact) mass is 296 g/mol. The van der Waals surface area contributed by atoms with Crippen LogP contribution in [0.5, 0.6) is 0 Å². The van der Waals surface area contributed by atoms with Gasteiger partial charge in [-0.3, -0.25) is 0 Å². The molecule has 2 amide bonds. The largest absolute Gasteiger partial charge is 0.480 e. The summed E-state index contributed by atoms with van der Waals surface area (Å²) in [6, 6.07) is -0.606. The highest BCUT2D eigenvalue weighted by Gasteiger charge is 2.46. The Balaban J connectivity index is 2.21. The number of piperidine rings is 2. The first-order chi connectivity index (χ1) is 9.74. The molecule has 0 bridgehead atoms. The van der Waals surface area contributed by atoms with Crippen molar-refractivity contribution in [3.05, 3.63) is 0 Å². The number of aliphatic carboxylic acids is 1. The van der Waals surface area contributed by atoms with Crippen LogP contribution in [0.25, 0.3) is 0 Å². The molecule has 120 valence electrons. The number of rotatable bonds is 1. The van der Waals surface area contributed by atoms with E-state index in [0.717, 1.165) is 32.2 Å². The first-order valence-corrected chi connectivity index (χ1v) is 8.04. The van der Waals surface area contributed by atoms with Crippen LogP contribution >= 0.6 is 0 Å². The van der Waals surface area contributed by atoms with Crippen LogP contribution in [-0.2, 0) is 4.79 Å². The number of likely N-dealkylation sites (tertiary alicyclic amines) is 2. The highest BCUT2D eigenvalue weighted by atomic mass is 16.4. The maximum atomic E-state index is 12.9. The third-order valence-electron chi connectivity index (χ3n) is 5.12. The van der Waals surface area contributed by atoms with E-state index in [0.29, 0.717) is 12.5 Å². The molecule has 0 aromatic carbocycles. The SMILES string of the molecule is CC1CCC(C)N(C(=O)N2CCCC(C)(C)C2C(=O)O)C1. The Morgan fingerprint density at radius 3 is 2.43 bits per heavy atom. The van der Waals surface area contributed by atoms with Crippen LogP contribution in [0.2, 0.25) is 0 Å². The molecule has 0 aliphatic carbocycles. The van der Waals surface area contributed by atoms with E-state index in [4.69, 9.17) is 0 Å². The summed E-state index contributed by atoms with van der Waals surface area (Å²) in [5.74, 6) is -0.392. The summed E-state index contributed by atoms with van der Waals surface area (Å²) in [5.41, 5.74) is -0.371. The van der Waals surface area contributed by atoms with Crippen LogP contribution < -0.4 is 0 Å². The van der Waals surface area contributed by atoms with Gasteiger partial charge in [0.1, 0.15) is 6.04 Å². The first kappa shape index (κ1) is 16.1. The third-order valence-corrected chi connectivity index (χ3v) is 5.12. The van der Waals surface area contributed by atoms with E-state index in [1.807, 2.05) is 18.7 Å². The number of hydrogen-bond donors (Lipinski definition) is 1. The molecular formula is C16H28N2O3. The van der Waals surface area contributed by atoms with Crippen LogP contribution in [0.1, 0.15) is 53.4 Å². The summed E-state index contributed by atoms with van der Waals surface area (Å²) >= 11 is 0. The molecule has 2 heterocycles. The van der Waals surface area contributed by atoms with E-state index in [1.54, 1.807) is 4.90 Å². The van der Waals surface area contributed by atoms with E-state index in [1.165, 1.54) is 0 Å². The van der Waals surface area contributed by atoms with Gasteiger partial charge in [0.2, 0.25) is 0 Å². The molecule has 0 spiro atoms. The summed E-state index contributed by atoms with van der Waals surface area (Å²) in [5, 5.41) is 9.60. The fraction of sp³-hybridized carbons (Fsp3) is 0.875. The molecule has 21 heavy (non-hydrogen) atoms. The fourth-order valence-electron chi connectivity index (χ4n) is 3.79. The highest BCUT2D eigenvalue weighted by molar-refractivity contribution is 5.84. The van der Waals surface area contributed by atoms with Gasteiger partial charge in [-0.1, -0.05) is 20.8 Å². The van der Waals surface area contributed by atoms with Crippen molar-refractivity contribution in [2.24, 2.45) is 11.3 Å². The Hall–Kier alpha value is -1.26. The van der Waals surface area contributed by atoms with Crippen molar-refractivity contribution in [2.75, 3.05) is 13.1 Å². The molecular weight excluding hydrogens is 268 g/mol. The van der Waals surface area contributed by atoms with Gasteiger partial charge in [0.15, 0.2) is 0 Å². The van der Waals surface area contributed by atoms with Gasteiger partial charge in [-0.2, -0.15) is 0 Å². The molecule has 0 saturated carbocycles. The Morgan fingerprint density at radius 1 is 1.14 bits per heavy atom. The minimum absolute atomic E-state index is 0.0887. The number of carbonyl (C=O) groups excluding carboxylic acids is 1. The number of amides is 2. The number of nitrogens with zero attached hydrogens (tertiary/aromatic N) is 2. The zero-order valence-electron chi connectivity index (χ0n) is 13.6. The molecule has 0 aromatic rings. The molecule has 1 N–H and O–H groups in total. The van der Waals surface area contributed by atoms with Gasteiger partial charge in [-0.15, -0.1) is 0 Å². The molecule has 2 saturated heterocycles. The lowest BCUT2D eigenvalue weighted by atomic mass is 9.76. The molecule has 5 heteroatoms. The average molecular weight is 296 g/mol. The van der Waals surface area contributed by atoms with E-state index >= 15 is 0 Å². The standard InChI is InChI=1S/C16H28N2O3/c1-11-6-7-12(2)18(10-11)15(21)17-9-5-8-16(3,4)13(17)14(19)20/h11-13H,5-10H2,1-4H3,(H,19,20). The third kappa shape index (κ3) is 3.16. The summed E-state index contributed by atoms with van der Waals surface area (Å²) < 4.78 is 0. The lowest BCUT2D eigenvalue weighted by molar-refractivity contribution is -0.149. The zero-order chi connectivity index (χ0) is 15.8. The van der Waals surface area contributed by atoms with Gasteiger partial charge in [0.25, 0.3) is 0 Å². The van der Waals surface area contributed by atoms with Crippen molar-refractivity contribution in [1.82, 2.24) is 9.80 Å². The van der Waals surface area contributed by atoms with Crippen LogP contribution in [-0.4, -0.2) is 52.1 Å². The summed E-state index contributed by atoms with van der Waals surface area (Å²) in [6.07, 6.45) is 3.86. The molecule has 0 aromatic heterocycles. The second kappa shape index (κ2) is 5.85. The van der Waals surface area contributed by atoms with Gasteiger partial charge >= 0.3 is 12.0 Å². The lowest BCUT2D eigenvalue weighted by Gasteiger charge is -2.47. The van der Waals surface area contributed by atoms with Gasteiger partial charge in [0.05, 0.1) is 0 Å². The van der Waals surface area contributed by atoms with Crippen molar-refractivity contribution in [1.29, 1.82) is 0 Å². The van der Waals surface area contributed by atoms with Crippen LogP contribution in [0.4, 0.5) is 4.79 Å². The molecule has 2 rings (SSSR count). The first-order valence-electron chi connectivity index (χ1n) is 8.04. The van der Waals surface area contributed by atoms with Crippen LogP contribution in [0.3, 0.4) is 0 Å². The van der Waals surface area contributed by atoms with Gasteiger partial charge in [0, 0.05) is 19.1 Å². The fourth-order valence-corrected chi connectivity index (χ4v) is 3.79. The van der Waals surface area contributed by atoms with E-state index < -0.39 is 12.0 Å². The van der Waals surface area contributed by atoms with Crippen LogP contribution in [0, 0.1) is 11.3 Å². The Morgan fingerprint density at radius 2 is 1.81 bits per heavy atom. The quantitative estimate of drug-likeness (QED) is 0.809. The topological polar surface area (TPSA) is 60.9 Å². The van der Waals surface area contributed by atoms with Crippen LogP contribution in [0.15, 0.2) is 0 Å².